The van der Waals surface area contributed by atoms with Crippen LogP contribution in [0, 0.1) is 23.5 Å². The van der Waals surface area contributed by atoms with Crippen molar-refractivity contribution in [3.63, 3.8) is 0 Å². The minimum absolute atomic E-state index is 0.0586. The molecule has 27 heavy (non-hydrogen) atoms. The molecule has 1 aliphatic rings. The van der Waals surface area contributed by atoms with Gasteiger partial charge in [0.2, 0.25) is 11.6 Å². The Morgan fingerprint density at radius 2 is 1.74 bits per heavy atom. The number of nitrogens with one attached hydrogen (secondary N) is 2. The number of amides is 2. The Morgan fingerprint density at radius 3 is 2.41 bits per heavy atom. The van der Waals surface area contributed by atoms with E-state index < -0.39 is 41.3 Å². The van der Waals surface area contributed by atoms with E-state index in [1.807, 2.05) is 0 Å². The molecule has 1 aliphatic heterocycles. The first-order valence-electron chi connectivity index (χ1n) is 8.54. The molecule has 1 fully saturated rings. The Labute approximate surface area is 153 Å². The number of halogens is 4. The highest BCUT2D eigenvalue weighted by Crippen LogP contribution is 2.31. The van der Waals surface area contributed by atoms with Gasteiger partial charge in [0.25, 0.3) is 11.9 Å². The first kappa shape index (κ1) is 18.9. The number of carbonyl (C=O) groups excluding carboxylic acids is 1. The number of aromatic nitrogens is 1. The quantitative estimate of drug-likeness (QED) is 0.624. The van der Waals surface area contributed by atoms with Gasteiger partial charge in [0.1, 0.15) is 5.69 Å². The third-order valence-electron chi connectivity index (χ3n) is 4.42. The van der Waals surface area contributed by atoms with Crippen LogP contribution < -0.4 is 15.5 Å². The third-order valence-corrected chi connectivity index (χ3v) is 4.42. The van der Waals surface area contributed by atoms with E-state index in [-0.39, 0.29) is 13.1 Å². The summed E-state index contributed by atoms with van der Waals surface area (Å²) in [5, 5.41) is 5.26. The SMILES string of the molecule is O=C(NCC1CCCCN1c1c(F)c(F)nc(F)c1F)Nc1ccccc1. The lowest BCUT2D eigenvalue weighted by atomic mass is 10.0. The number of hydrogen-bond donors (Lipinski definition) is 2. The number of piperidine rings is 1. The van der Waals surface area contributed by atoms with E-state index in [0.717, 1.165) is 6.42 Å². The fraction of sp³-hybridized carbons (Fsp3) is 0.333. The van der Waals surface area contributed by atoms with Crippen molar-refractivity contribution in [3.05, 3.63) is 53.9 Å². The van der Waals surface area contributed by atoms with Gasteiger partial charge in [0.15, 0.2) is 0 Å². The maximum atomic E-state index is 14.1. The fourth-order valence-corrected chi connectivity index (χ4v) is 3.14. The zero-order valence-electron chi connectivity index (χ0n) is 14.3. The molecule has 1 saturated heterocycles. The highest BCUT2D eigenvalue weighted by Gasteiger charge is 2.31. The Hall–Kier alpha value is -2.84. The molecule has 1 unspecified atom stereocenters. The minimum Gasteiger partial charge on any atom is -0.362 e. The van der Waals surface area contributed by atoms with Crippen molar-refractivity contribution in [1.29, 1.82) is 0 Å². The second kappa shape index (κ2) is 8.24. The van der Waals surface area contributed by atoms with Crippen molar-refractivity contribution >= 4 is 17.4 Å². The smallest absolute Gasteiger partial charge is 0.319 e. The second-order valence-corrected chi connectivity index (χ2v) is 6.21. The summed E-state index contributed by atoms with van der Waals surface area (Å²) >= 11 is 0. The lowest BCUT2D eigenvalue weighted by Crippen LogP contribution is -2.48. The molecular weight excluding hydrogens is 364 g/mol. The average molecular weight is 382 g/mol. The van der Waals surface area contributed by atoms with Crippen molar-refractivity contribution in [3.8, 4) is 0 Å². The Kier molecular flexibility index (Phi) is 5.78. The summed E-state index contributed by atoms with van der Waals surface area (Å²) in [6.07, 6.45) is 1.88. The van der Waals surface area contributed by atoms with Gasteiger partial charge in [-0.15, -0.1) is 0 Å². The molecule has 1 aromatic heterocycles. The van der Waals surface area contributed by atoms with Crippen LogP contribution in [0.4, 0.5) is 33.7 Å². The van der Waals surface area contributed by atoms with Gasteiger partial charge in [-0.25, -0.2) is 4.79 Å². The van der Waals surface area contributed by atoms with Crippen molar-refractivity contribution in [1.82, 2.24) is 10.3 Å². The molecule has 0 saturated carbocycles. The maximum Gasteiger partial charge on any atom is 0.319 e. The molecule has 1 atom stereocenters. The molecule has 5 nitrogen and oxygen atoms in total. The molecule has 0 spiro atoms. The van der Waals surface area contributed by atoms with Crippen LogP contribution in [0.1, 0.15) is 19.3 Å². The molecule has 2 heterocycles. The maximum absolute atomic E-state index is 14.1. The van der Waals surface area contributed by atoms with Gasteiger partial charge in [-0.05, 0) is 31.4 Å². The summed E-state index contributed by atoms with van der Waals surface area (Å²) in [7, 11) is 0. The summed E-state index contributed by atoms with van der Waals surface area (Å²) in [6, 6.07) is 7.75. The lowest BCUT2D eigenvalue weighted by molar-refractivity contribution is 0.250. The van der Waals surface area contributed by atoms with Crippen LogP contribution >= 0.6 is 0 Å². The molecule has 9 heteroatoms. The van der Waals surface area contributed by atoms with Crippen LogP contribution in [0.3, 0.4) is 0 Å². The van der Waals surface area contributed by atoms with Gasteiger partial charge in [-0.1, -0.05) is 18.2 Å². The van der Waals surface area contributed by atoms with E-state index in [1.165, 1.54) is 4.90 Å². The second-order valence-electron chi connectivity index (χ2n) is 6.21. The van der Waals surface area contributed by atoms with E-state index in [0.29, 0.717) is 18.5 Å². The number of nitrogens with zero attached hydrogens (tertiary/aromatic N) is 2. The van der Waals surface area contributed by atoms with Crippen LogP contribution in [-0.2, 0) is 0 Å². The molecule has 0 bridgehead atoms. The summed E-state index contributed by atoms with van der Waals surface area (Å²) in [5.74, 6) is -6.45. The molecule has 0 aliphatic carbocycles. The number of urea groups is 1. The van der Waals surface area contributed by atoms with Crippen molar-refractivity contribution in [2.75, 3.05) is 23.3 Å². The predicted molar refractivity (Wildman–Crippen MR) is 92.5 cm³/mol. The highest BCUT2D eigenvalue weighted by atomic mass is 19.2. The number of carbonyl (C=O) groups is 1. The number of benzene rings is 1. The standard InChI is InChI=1S/C18H18F4N4O/c19-13-15(14(20)17(22)25-16(13)21)26-9-5-4-8-12(26)10-23-18(27)24-11-6-2-1-3-7-11/h1-3,6-7,12H,4-5,8-10H2,(H2,23,24,27). The minimum atomic E-state index is -1.69. The first-order chi connectivity index (χ1) is 13.0. The topological polar surface area (TPSA) is 57.3 Å². The number of rotatable bonds is 4. The largest absolute Gasteiger partial charge is 0.362 e. The number of hydrogen-bond acceptors (Lipinski definition) is 3. The number of anilines is 2. The van der Waals surface area contributed by atoms with E-state index in [9.17, 15) is 22.4 Å². The summed E-state index contributed by atoms with van der Waals surface area (Å²) in [6.45, 7) is 0.270. The molecule has 2 aromatic rings. The van der Waals surface area contributed by atoms with E-state index in [2.05, 4.69) is 15.6 Å². The van der Waals surface area contributed by atoms with E-state index in [4.69, 9.17) is 0 Å². The summed E-state index contributed by atoms with van der Waals surface area (Å²) < 4.78 is 55.1. The monoisotopic (exact) mass is 382 g/mol. The van der Waals surface area contributed by atoms with Gasteiger partial charge in [0.05, 0.1) is 0 Å². The van der Waals surface area contributed by atoms with Crippen molar-refractivity contribution in [2.24, 2.45) is 0 Å². The van der Waals surface area contributed by atoms with Crippen molar-refractivity contribution in [2.45, 2.75) is 25.3 Å². The predicted octanol–water partition coefficient (Wildman–Crippen LogP) is 3.82. The fourth-order valence-electron chi connectivity index (χ4n) is 3.14. The zero-order chi connectivity index (χ0) is 19.4. The first-order valence-corrected chi connectivity index (χ1v) is 8.54. The Morgan fingerprint density at radius 1 is 1.07 bits per heavy atom. The Balaban J connectivity index is 1.72. The van der Waals surface area contributed by atoms with Gasteiger partial charge < -0.3 is 15.5 Å². The molecule has 144 valence electrons. The van der Waals surface area contributed by atoms with Crippen LogP contribution in [0.5, 0.6) is 0 Å². The Bertz CT molecular complexity index is 793. The summed E-state index contributed by atoms with van der Waals surface area (Å²) in [4.78, 5) is 15.9. The van der Waals surface area contributed by atoms with Gasteiger partial charge in [0, 0.05) is 24.8 Å². The molecule has 2 amide bonds. The lowest BCUT2D eigenvalue weighted by Gasteiger charge is -2.37. The molecule has 2 N–H and O–H groups in total. The van der Waals surface area contributed by atoms with Crippen LogP contribution in [0.2, 0.25) is 0 Å². The van der Waals surface area contributed by atoms with E-state index in [1.54, 1.807) is 30.3 Å². The molecular formula is C18H18F4N4O. The molecule has 3 rings (SSSR count). The van der Waals surface area contributed by atoms with Crippen LogP contribution in [0.15, 0.2) is 30.3 Å². The van der Waals surface area contributed by atoms with Gasteiger partial charge >= 0.3 is 6.03 Å². The molecule has 0 radical (unpaired) electrons. The van der Waals surface area contributed by atoms with Crippen LogP contribution in [-0.4, -0.2) is 30.1 Å². The normalized spacial score (nSPS) is 16.9. The van der Waals surface area contributed by atoms with Gasteiger partial charge in [-0.3, -0.25) is 0 Å². The highest BCUT2D eigenvalue weighted by molar-refractivity contribution is 5.89. The van der Waals surface area contributed by atoms with E-state index >= 15 is 0 Å². The number of para-hydroxylation sites is 1. The van der Waals surface area contributed by atoms with Gasteiger partial charge in [-0.2, -0.15) is 22.5 Å². The van der Waals surface area contributed by atoms with Crippen LogP contribution in [0.25, 0.3) is 0 Å². The summed E-state index contributed by atoms with van der Waals surface area (Å²) in [5.41, 5.74) is -0.194. The van der Waals surface area contributed by atoms with Crippen molar-refractivity contribution < 1.29 is 22.4 Å². The number of pyridine rings is 1. The molecule has 1 aromatic carbocycles. The zero-order valence-corrected chi connectivity index (χ0v) is 14.3. The average Bonchev–Trinajstić information content (AvgIpc) is 2.67. The third kappa shape index (κ3) is 4.29.